The Morgan fingerprint density at radius 3 is 1.64 bits per heavy atom. The molecule has 5 aromatic carbocycles. The van der Waals surface area contributed by atoms with Crippen molar-refractivity contribution in [1.29, 1.82) is 0 Å². The van der Waals surface area contributed by atoms with Gasteiger partial charge in [0.05, 0.1) is 11.2 Å². The van der Waals surface area contributed by atoms with Crippen molar-refractivity contribution >= 4 is 44.9 Å². The normalized spacial score (nSPS) is 17.3. The fourth-order valence-electron chi connectivity index (χ4n) is 4.91. The fraction of sp³-hybridized carbons (Fsp3) is 0.200. The largest absolute Gasteiger partial charge is 0.494 e. The third-order valence-corrected chi connectivity index (χ3v) is 7.49. The van der Waals surface area contributed by atoms with Crippen molar-refractivity contribution in [2.24, 2.45) is 0 Å². The Bertz CT molecular complexity index is 1480. The van der Waals surface area contributed by atoms with Gasteiger partial charge in [-0.25, -0.2) is 0 Å². The van der Waals surface area contributed by atoms with E-state index in [9.17, 15) is 0 Å². The zero-order valence-corrected chi connectivity index (χ0v) is 19.6. The maximum absolute atomic E-state index is 6.34. The van der Waals surface area contributed by atoms with E-state index in [-0.39, 0.29) is 18.3 Å². The predicted octanol–water partition coefficient (Wildman–Crippen LogP) is 7.11. The molecule has 0 aromatic heterocycles. The predicted molar refractivity (Wildman–Crippen MR) is 140 cm³/mol. The zero-order valence-electron chi connectivity index (χ0n) is 19.6. The van der Waals surface area contributed by atoms with Crippen LogP contribution in [0.25, 0.3) is 43.4 Å². The number of rotatable bonds is 2. The molecule has 0 amide bonds. The molecule has 0 spiro atoms. The first-order chi connectivity index (χ1) is 15.8. The Morgan fingerprint density at radius 1 is 0.485 bits per heavy atom. The highest BCUT2D eigenvalue weighted by Crippen LogP contribution is 2.39. The molecular weight excluding hydrogens is 403 g/mol. The first-order valence-electron chi connectivity index (χ1n) is 11.6. The van der Waals surface area contributed by atoms with E-state index in [1.807, 2.05) is 0 Å². The molecule has 6 rings (SSSR count). The van der Waals surface area contributed by atoms with E-state index in [0.717, 1.165) is 5.46 Å². The van der Waals surface area contributed by atoms with Gasteiger partial charge in [0.15, 0.2) is 0 Å². The second kappa shape index (κ2) is 7.18. The van der Waals surface area contributed by atoms with E-state index in [1.165, 1.54) is 43.4 Å². The van der Waals surface area contributed by atoms with Crippen LogP contribution in [0.2, 0.25) is 0 Å². The Balaban J connectivity index is 1.58. The molecule has 1 aliphatic rings. The minimum Gasteiger partial charge on any atom is -0.399 e. The van der Waals surface area contributed by atoms with E-state index < -0.39 is 0 Å². The van der Waals surface area contributed by atoms with Gasteiger partial charge in [-0.3, -0.25) is 0 Å². The van der Waals surface area contributed by atoms with Crippen LogP contribution in [-0.2, 0) is 9.31 Å². The lowest BCUT2D eigenvalue weighted by Crippen LogP contribution is -2.41. The van der Waals surface area contributed by atoms with E-state index >= 15 is 0 Å². The van der Waals surface area contributed by atoms with Crippen molar-refractivity contribution in [2.45, 2.75) is 38.9 Å². The summed E-state index contributed by atoms with van der Waals surface area (Å²) >= 11 is 0. The lowest BCUT2D eigenvalue weighted by Gasteiger charge is -2.32. The number of benzene rings is 5. The van der Waals surface area contributed by atoms with Crippen LogP contribution >= 0.6 is 0 Å². The summed E-state index contributed by atoms with van der Waals surface area (Å²) in [6.45, 7) is 8.39. The maximum atomic E-state index is 6.34. The molecule has 1 fully saturated rings. The Morgan fingerprint density at radius 2 is 1.00 bits per heavy atom. The molecule has 1 saturated heterocycles. The summed E-state index contributed by atoms with van der Waals surface area (Å²) in [5.74, 6) is 0. The second-order valence-electron chi connectivity index (χ2n) is 10.1. The Kier molecular flexibility index (Phi) is 4.45. The van der Waals surface area contributed by atoms with E-state index in [0.29, 0.717) is 0 Å². The summed E-state index contributed by atoms with van der Waals surface area (Å²) < 4.78 is 12.7. The monoisotopic (exact) mass is 430 g/mol. The minimum absolute atomic E-state index is 0.355. The van der Waals surface area contributed by atoms with Gasteiger partial charge in [-0.05, 0) is 82.7 Å². The Hall–Kier alpha value is -3.14. The van der Waals surface area contributed by atoms with Crippen LogP contribution in [0.1, 0.15) is 27.7 Å². The summed E-state index contributed by atoms with van der Waals surface area (Å²) in [5, 5.41) is 7.56. The van der Waals surface area contributed by atoms with Crippen LogP contribution in [-0.4, -0.2) is 18.3 Å². The topological polar surface area (TPSA) is 18.5 Å². The van der Waals surface area contributed by atoms with Gasteiger partial charge in [-0.15, -0.1) is 0 Å². The molecule has 0 N–H and O–H groups in total. The van der Waals surface area contributed by atoms with Gasteiger partial charge < -0.3 is 9.31 Å². The molecule has 0 radical (unpaired) electrons. The quantitative estimate of drug-likeness (QED) is 0.219. The summed E-state index contributed by atoms with van der Waals surface area (Å²) in [5.41, 5.74) is 2.82. The highest BCUT2D eigenvalue weighted by molar-refractivity contribution is 6.62. The minimum atomic E-state index is -0.366. The van der Waals surface area contributed by atoms with Crippen molar-refractivity contribution in [3.05, 3.63) is 91.0 Å². The molecule has 1 aliphatic heterocycles. The first-order valence-corrected chi connectivity index (χ1v) is 11.6. The van der Waals surface area contributed by atoms with Gasteiger partial charge in [0.2, 0.25) is 0 Å². The van der Waals surface area contributed by atoms with E-state index in [2.05, 4.69) is 119 Å². The van der Waals surface area contributed by atoms with Crippen molar-refractivity contribution in [2.75, 3.05) is 0 Å². The van der Waals surface area contributed by atoms with Crippen LogP contribution in [0.5, 0.6) is 0 Å². The molecule has 1 heterocycles. The van der Waals surface area contributed by atoms with Gasteiger partial charge in [-0.1, -0.05) is 84.9 Å². The van der Waals surface area contributed by atoms with Crippen LogP contribution in [0.3, 0.4) is 0 Å². The molecule has 3 heteroatoms. The van der Waals surface area contributed by atoms with E-state index in [1.54, 1.807) is 0 Å². The van der Waals surface area contributed by atoms with Crippen molar-refractivity contribution < 1.29 is 9.31 Å². The lowest BCUT2D eigenvalue weighted by molar-refractivity contribution is 0.00578. The number of hydrogen-bond acceptors (Lipinski definition) is 2. The first kappa shape index (κ1) is 20.5. The zero-order chi connectivity index (χ0) is 22.8. The van der Waals surface area contributed by atoms with Gasteiger partial charge in [0, 0.05) is 0 Å². The molecule has 33 heavy (non-hydrogen) atoms. The van der Waals surface area contributed by atoms with Crippen LogP contribution in [0.4, 0.5) is 0 Å². The third kappa shape index (κ3) is 3.19. The average molecular weight is 430 g/mol. The maximum Gasteiger partial charge on any atom is 0.494 e. The van der Waals surface area contributed by atoms with Crippen LogP contribution in [0.15, 0.2) is 91.0 Å². The standard InChI is InChI=1S/C30H27BO2/c1-29(2)30(3,4)33-31(32-29)22-15-17-26-25-16-14-21(20-10-6-5-7-11-20)18-27(25)23-12-8-9-13-24(23)28(26)19-22/h5-19H,1-4H3. The van der Waals surface area contributed by atoms with Gasteiger partial charge in [-0.2, -0.15) is 0 Å². The van der Waals surface area contributed by atoms with E-state index in [4.69, 9.17) is 9.31 Å². The van der Waals surface area contributed by atoms with Crippen molar-refractivity contribution in [1.82, 2.24) is 0 Å². The van der Waals surface area contributed by atoms with Crippen molar-refractivity contribution in [3.8, 4) is 11.1 Å². The average Bonchev–Trinajstić information content (AvgIpc) is 3.06. The lowest BCUT2D eigenvalue weighted by atomic mass is 9.77. The van der Waals surface area contributed by atoms with Crippen LogP contribution < -0.4 is 5.46 Å². The molecule has 0 saturated carbocycles. The molecule has 5 aromatic rings. The molecule has 0 bridgehead atoms. The summed E-state index contributed by atoms with van der Waals surface area (Å²) in [6.07, 6.45) is 0. The second-order valence-corrected chi connectivity index (χ2v) is 10.1. The molecule has 0 unspecified atom stereocenters. The molecule has 162 valence electrons. The number of fused-ring (bicyclic) bond motifs is 6. The molecule has 0 aliphatic carbocycles. The smallest absolute Gasteiger partial charge is 0.399 e. The summed E-state index contributed by atoms with van der Waals surface area (Å²) in [4.78, 5) is 0. The fourth-order valence-corrected chi connectivity index (χ4v) is 4.91. The SMILES string of the molecule is CC1(C)OB(c2ccc3c4ccc(-c5ccccc5)cc4c4ccccc4c3c2)OC1(C)C. The highest BCUT2D eigenvalue weighted by atomic mass is 16.7. The molecule has 2 nitrogen and oxygen atoms in total. The van der Waals surface area contributed by atoms with Gasteiger partial charge >= 0.3 is 7.12 Å². The van der Waals surface area contributed by atoms with Gasteiger partial charge in [0.1, 0.15) is 0 Å². The van der Waals surface area contributed by atoms with Crippen LogP contribution in [0, 0.1) is 0 Å². The summed E-state index contributed by atoms with van der Waals surface area (Å²) in [6, 6.07) is 32.7. The van der Waals surface area contributed by atoms with Crippen molar-refractivity contribution in [3.63, 3.8) is 0 Å². The molecule has 0 atom stereocenters. The number of hydrogen-bond donors (Lipinski definition) is 0. The molecular formula is C30H27BO2. The Labute approximate surface area is 195 Å². The van der Waals surface area contributed by atoms with Gasteiger partial charge in [0.25, 0.3) is 0 Å². The summed E-state index contributed by atoms with van der Waals surface area (Å²) in [7, 11) is -0.366. The third-order valence-electron chi connectivity index (χ3n) is 7.49. The highest BCUT2D eigenvalue weighted by Gasteiger charge is 2.51.